The largest absolute Gasteiger partial charge is 0.484 e. The van der Waals surface area contributed by atoms with Gasteiger partial charge in [0.15, 0.2) is 6.61 Å². The van der Waals surface area contributed by atoms with Crippen LogP contribution in [-0.2, 0) is 11.2 Å². The molecule has 2 aromatic rings. The molecule has 1 amide bonds. The summed E-state index contributed by atoms with van der Waals surface area (Å²) < 4.78 is 5.58. The lowest BCUT2D eigenvalue weighted by Gasteiger charge is -2.39. The summed E-state index contributed by atoms with van der Waals surface area (Å²) in [5, 5.41) is 0. The topological polar surface area (TPSA) is 32.8 Å². The minimum Gasteiger partial charge on any atom is -0.484 e. The van der Waals surface area contributed by atoms with Crippen molar-refractivity contribution in [3.8, 4) is 5.75 Å². The fraction of sp³-hybridized carbons (Fsp3) is 0.381. The van der Waals surface area contributed by atoms with Crippen LogP contribution in [0.15, 0.2) is 60.7 Å². The molecule has 2 aromatic carbocycles. The Morgan fingerprint density at radius 2 is 1.72 bits per heavy atom. The standard InChI is InChI=1S/C21H26N2O2/c1-18-16-23(21(24)17-25-20-10-6-3-7-11-20)15-14-22(18)13-12-19-8-4-2-5-9-19/h2-11,18H,12-17H2,1H3. The first-order valence-corrected chi connectivity index (χ1v) is 8.96. The van der Waals surface area contributed by atoms with Crippen LogP contribution in [0.3, 0.4) is 0 Å². The molecule has 0 aromatic heterocycles. The average Bonchev–Trinajstić information content (AvgIpc) is 2.66. The summed E-state index contributed by atoms with van der Waals surface area (Å²) in [5.41, 5.74) is 1.37. The van der Waals surface area contributed by atoms with E-state index >= 15 is 0 Å². The van der Waals surface area contributed by atoms with Crippen molar-refractivity contribution in [1.82, 2.24) is 9.80 Å². The summed E-state index contributed by atoms with van der Waals surface area (Å²) >= 11 is 0. The normalized spacial score (nSPS) is 18.1. The van der Waals surface area contributed by atoms with E-state index in [2.05, 4.69) is 36.1 Å². The molecule has 4 heteroatoms. The molecular formula is C21H26N2O2. The maximum atomic E-state index is 12.4. The lowest BCUT2D eigenvalue weighted by atomic mass is 10.1. The van der Waals surface area contributed by atoms with Crippen molar-refractivity contribution in [3.63, 3.8) is 0 Å². The van der Waals surface area contributed by atoms with Gasteiger partial charge < -0.3 is 9.64 Å². The average molecular weight is 338 g/mol. The highest BCUT2D eigenvalue weighted by molar-refractivity contribution is 5.78. The number of para-hydroxylation sites is 1. The highest BCUT2D eigenvalue weighted by Gasteiger charge is 2.26. The lowest BCUT2D eigenvalue weighted by Crippen LogP contribution is -2.54. The number of carbonyl (C=O) groups excluding carboxylic acids is 1. The van der Waals surface area contributed by atoms with Crippen molar-refractivity contribution in [2.24, 2.45) is 0 Å². The summed E-state index contributed by atoms with van der Waals surface area (Å²) in [5.74, 6) is 0.809. The number of hydrogen-bond acceptors (Lipinski definition) is 3. The van der Waals surface area contributed by atoms with Crippen molar-refractivity contribution in [1.29, 1.82) is 0 Å². The van der Waals surface area contributed by atoms with Crippen LogP contribution in [0, 0.1) is 0 Å². The Morgan fingerprint density at radius 1 is 1.04 bits per heavy atom. The molecule has 0 N–H and O–H groups in total. The SMILES string of the molecule is CC1CN(C(=O)COc2ccccc2)CCN1CCc1ccccc1. The zero-order chi connectivity index (χ0) is 17.5. The number of piperazine rings is 1. The second-order valence-corrected chi connectivity index (χ2v) is 6.56. The first-order valence-electron chi connectivity index (χ1n) is 8.96. The molecule has 25 heavy (non-hydrogen) atoms. The third kappa shape index (κ3) is 5.07. The Kier molecular flexibility index (Phi) is 6.07. The van der Waals surface area contributed by atoms with Crippen molar-refractivity contribution in [2.75, 3.05) is 32.8 Å². The van der Waals surface area contributed by atoms with E-state index in [-0.39, 0.29) is 12.5 Å². The van der Waals surface area contributed by atoms with Gasteiger partial charge in [0.1, 0.15) is 5.75 Å². The van der Waals surface area contributed by atoms with Gasteiger partial charge in [0.05, 0.1) is 0 Å². The second kappa shape index (κ2) is 8.67. The van der Waals surface area contributed by atoms with Gasteiger partial charge in [-0.25, -0.2) is 0 Å². The van der Waals surface area contributed by atoms with Gasteiger partial charge in [0.25, 0.3) is 5.91 Å². The van der Waals surface area contributed by atoms with Gasteiger partial charge in [-0.05, 0) is 31.0 Å². The number of rotatable bonds is 6. The maximum Gasteiger partial charge on any atom is 0.260 e. The van der Waals surface area contributed by atoms with Gasteiger partial charge in [0, 0.05) is 32.2 Å². The van der Waals surface area contributed by atoms with Gasteiger partial charge in [0.2, 0.25) is 0 Å². The third-order valence-electron chi connectivity index (χ3n) is 4.75. The number of carbonyl (C=O) groups is 1. The van der Waals surface area contributed by atoms with Crippen LogP contribution < -0.4 is 4.74 Å². The first kappa shape index (κ1) is 17.5. The number of ether oxygens (including phenoxy) is 1. The molecule has 132 valence electrons. The Morgan fingerprint density at radius 3 is 2.40 bits per heavy atom. The van der Waals surface area contributed by atoms with Crippen LogP contribution >= 0.6 is 0 Å². The molecule has 1 fully saturated rings. The quantitative estimate of drug-likeness (QED) is 0.812. The van der Waals surface area contributed by atoms with E-state index in [1.807, 2.05) is 41.3 Å². The second-order valence-electron chi connectivity index (χ2n) is 6.56. The van der Waals surface area contributed by atoms with E-state index in [0.29, 0.717) is 6.04 Å². The highest BCUT2D eigenvalue weighted by Crippen LogP contribution is 2.13. The zero-order valence-corrected chi connectivity index (χ0v) is 14.8. The zero-order valence-electron chi connectivity index (χ0n) is 14.8. The van der Waals surface area contributed by atoms with Gasteiger partial charge in [-0.2, -0.15) is 0 Å². The van der Waals surface area contributed by atoms with Gasteiger partial charge >= 0.3 is 0 Å². The molecule has 3 rings (SSSR count). The van der Waals surface area contributed by atoms with E-state index in [1.54, 1.807) is 0 Å². The summed E-state index contributed by atoms with van der Waals surface area (Å²) in [6.07, 6.45) is 1.05. The van der Waals surface area contributed by atoms with Crippen molar-refractivity contribution < 1.29 is 9.53 Å². The van der Waals surface area contributed by atoms with Crippen LogP contribution in [-0.4, -0.2) is 54.5 Å². The minimum absolute atomic E-state index is 0.0680. The number of benzene rings is 2. The predicted molar refractivity (Wildman–Crippen MR) is 99.7 cm³/mol. The minimum atomic E-state index is 0.0680. The van der Waals surface area contributed by atoms with Crippen molar-refractivity contribution in [3.05, 3.63) is 66.2 Å². The molecule has 1 aliphatic heterocycles. The molecule has 1 atom stereocenters. The van der Waals surface area contributed by atoms with E-state index in [9.17, 15) is 4.79 Å². The molecule has 0 radical (unpaired) electrons. The van der Waals surface area contributed by atoms with Crippen molar-refractivity contribution in [2.45, 2.75) is 19.4 Å². The predicted octanol–water partition coefficient (Wildman–Crippen LogP) is 2.84. The molecule has 0 aliphatic carbocycles. The molecule has 4 nitrogen and oxygen atoms in total. The molecule has 0 saturated carbocycles. The van der Waals surface area contributed by atoms with Crippen LogP contribution in [0.5, 0.6) is 5.75 Å². The maximum absolute atomic E-state index is 12.4. The molecular weight excluding hydrogens is 312 g/mol. The Bertz CT molecular complexity index is 660. The fourth-order valence-corrected chi connectivity index (χ4v) is 3.22. The summed E-state index contributed by atoms with van der Waals surface area (Å²) in [4.78, 5) is 16.8. The summed E-state index contributed by atoms with van der Waals surface area (Å²) in [6, 6.07) is 20.4. The number of hydrogen-bond donors (Lipinski definition) is 0. The van der Waals surface area contributed by atoms with E-state index in [0.717, 1.165) is 38.3 Å². The summed E-state index contributed by atoms with van der Waals surface area (Å²) in [7, 11) is 0. The Hall–Kier alpha value is -2.33. The lowest BCUT2D eigenvalue weighted by molar-refractivity contribution is -0.136. The summed E-state index contributed by atoms with van der Waals surface area (Å²) in [6.45, 7) is 5.81. The molecule has 1 aliphatic rings. The Labute approximate surface area is 150 Å². The van der Waals surface area contributed by atoms with Gasteiger partial charge in [-0.1, -0.05) is 48.5 Å². The van der Waals surface area contributed by atoms with Gasteiger partial charge in [-0.15, -0.1) is 0 Å². The molecule has 0 spiro atoms. The Balaban J connectivity index is 1.43. The van der Waals surface area contributed by atoms with Crippen LogP contribution in [0.2, 0.25) is 0 Å². The first-order chi connectivity index (χ1) is 12.2. The van der Waals surface area contributed by atoms with Crippen LogP contribution in [0.25, 0.3) is 0 Å². The van der Waals surface area contributed by atoms with E-state index in [1.165, 1.54) is 5.56 Å². The third-order valence-corrected chi connectivity index (χ3v) is 4.75. The van der Waals surface area contributed by atoms with Crippen LogP contribution in [0.1, 0.15) is 12.5 Å². The van der Waals surface area contributed by atoms with E-state index in [4.69, 9.17) is 4.74 Å². The highest BCUT2D eigenvalue weighted by atomic mass is 16.5. The number of nitrogens with zero attached hydrogens (tertiary/aromatic N) is 2. The molecule has 1 heterocycles. The smallest absolute Gasteiger partial charge is 0.260 e. The fourth-order valence-electron chi connectivity index (χ4n) is 3.22. The number of amides is 1. The van der Waals surface area contributed by atoms with Crippen LogP contribution in [0.4, 0.5) is 0 Å². The molecule has 0 bridgehead atoms. The molecule has 1 unspecified atom stereocenters. The van der Waals surface area contributed by atoms with E-state index < -0.39 is 0 Å². The monoisotopic (exact) mass is 338 g/mol. The molecule has 1 saturated heterocycles. The van der Waals surface area contributed by atoms with Crippen molar-refractivity contribution >= 4 is 5.91 Å². The van der Waals surface area contributed by atoms with Gasteiger partial charge in [-0.3, -0.25) is 9.69 Å².